The minimum Gasteiger partial charge on any atom is -0.312 e. The van der Waals surface area contributed by atoms with Gasteiger partial charge in [0.15, 0.2) is 0 Å². The zero-order valence-electron chi connectivity index (χ0n) is 11.3. The van der Waals surface area contributed by atoms with Crippen molar-refractivity contribution in [3.05, 3.63) is 35.2 Å². The van der Waals surface area contributed by atoms with Crippen molar-refractivity contribution in [1.82, 2.24) is 15.3 Å². The van der Waals surface area contributed by atoms with Gasteiger partial charge in [-0.05, 0) is 25.1 Å². The van der Waals surface area contributed by atoms with Crippen LogP contribution in [0.2, 0.25) is 0 Å². The summed E-state index contributed by atoms with van der Waals surface area (Å²) in [6.07, 6.45) is 4.19. The Hall–Kier alpha value is -1.51. The second-order valence-electron chi connectivity index (χ2n) is 4.18. The summed E-state index contributed by atoms with van der Waals surface area (Å²) in [4.78, 5) is 8.59. The molecule has 0 radical (unpaired) electrons. The summed E-state index contributed by atoms with van der Waals surface area (Å²) < 4.78 is 27.3. The fraction of sp³-hybridized carbons (Fsp3) is 0.333. The van der Waals surface area contributed by atoms with Gasteiger partial charge in [0.1, 0.15) is 10.5 Å². The molecule has 0 aromatic carbocycles. The molecule has 0 unspecified atom stereocenters. The number of nitrogens with zero attached hydrogens (tertiary/aromatic N) is 2. The summed E-state index contributed by atoms with van der Waals surface area (Å²) in [5, 5.41) is 3.20. The average Bonchev–Trinajstić information content (AvgIpc) is 2.79. The van der Waals surface area contributed by atoms with Crippen LogP contribution < -0.4 is 10.0 Å². The van der Waals surface area contributed by atoms with E-state index in [9.17, 15) is 8.42 Å². The van der Waals surface area contributed by atoms with Gasteiger partial charge in [-0.1, -0.05) is 6.92 Å². The van der Waals surface area contributed by atoms with Crippen LogP contribution in [0.5, 0.6) is 0 Å². The summed E-state index contributed by atoms with van der Waals surface area (Å²) >= 11 is 1.27. The molecule has 0 saturated heterocycles. The van der Waals surface area contributed by atoms with Crippen molar-refractivity contribution in [3.63, 3.8) is 0 Å². The van der Waals surface area contributed by atoms with Gasteiger partial charge in [-0.3, -0.25) is 4.72 Å². The Labute approximate surface area is 122 Å². The lowest BCUT2D eigenvalue weighted by Gasteiger charge is -2.04. The van der Waals surface area contributed by atoms with E-state index in [1.807, 2.05) is 13.8 Å². The van der Waals surface area contributed by atoms with Crippen molar-refractivity contribution in [3.8, 4) is 0 Å². The first kappa shape index (κ1) is 14.9. The van der Waals surface area contributed by atoms with Gasteiger partial charge in [-0.15, -0.1) is 11.3 Å². The Morgan fingerprint density at radius 1 is 1.30 bits per heavy atom. The normalized spacial score (nSPS) is 11.5. The van der Waals surface area contributed by atoms with Gasteiger partial charge >= 0.3 is 0 Å². The summed E-state index contributed by atoms with van der Waals surface area (Å²) in [6.45, 7) is 5.45. The van der Waals surface area contributed by atoms with Gasteiger partial charge in [0.05, 0.1) is 18.1 Å². The molecular weight excluding hydrogens is 296 g/mol. The van der Waals surface area contributed by atoms with E-state index in [1.165, 1.54) is 30.1 Å². The number of aryl methyl sites for hydroxylation is 1. The molecule has 20 heavy (non-hydrogen) atoms. The lowest BCUT2D eigenvalue weighted by molar-refractivity contribution is 0.603. The van der Waals surface area contributed by atoms with Crippen LogP contribution >= 0.6 is 11.3 Å². The van der Waals surface area contributed by atoms with Crippen LogP contribution in [0, 0.1) is 6.92 Å². The Balaban J connectivity index is 2.21. The lowest BCUT2D eigenvalue weighted by Crippen LogP contribution is -2.12. The zero-order valence-corrected chi connectivity index (χ0v) is 12.9. The SMILES string of the molecule is CCNCc1sc(S(=O)(=O)Nc2cncnc2)cc1C. The van der Waals surface area contributed by atoms with Gasteiger partial charge in [0.2, 0.25) is 0 Å². The fourth-order valence-electron chi connectivity index (χ4n) is 1.59. The first-order valence-corrected chi connectivity index (χ1v) is 8.40. The molecule has 0 amide bonds. The summed E-state index contributed by atoms with van der Waals surface area (Å²) in [6, 6.07) is 1.68. The molecule has 2 N–H and O–H groups in total. The Morgan fingerprint density at radius 2 is 2.00 bits per heavy atom. The highest BCUT2D eigenvalue weighted by molar-refractivity contribution is 7.94. The van der Waals surface area contributed by atoms with E-state index in [1.54, 1.807) is 6.07 Å². The maximum atomic E-state index is 12.3. The van der Waals surface area contributed by atoms with E-state index < -0.39 is 10.0 Å². The van der Waals surface area contributed by atoms with Gasteiger partial charge in [-0.25, -0.2) is 18.4 Å². The minimum absolute atomic E-state index is 0.298. The number of sulfonamides is 1. The Morgan fingerprint density at radius 3 is 2.65 bits per heavy atom. The molecule has 2 aromatic rings. The van der Waals surface area contributed by atoms with Gasteiger partial charge in [-0.2, -0.15) is 0 Å². The quantitative estimate of drug-likeness (QED) is 0.849. The molecule has 0 aliphatic rings. The monoisotopic (exact) mass is 312 g/mol. The highest BCUT2D eigenvalue weighted by Gasteiger charge is 2.19. The molecule has 0 aliphatic heterocycles. The molecule has 0 atom stereocenters. The van der Waals surface area contributed by atoms with E-state index >= 15 is 0 Å². The van der Waals surface area contributed by atoms with E-state index in [0.717, 1.165) is 17.0 Å². The molecule has 2 heterocycles. The third-order valence-electron chi connectivity index (χ3n) is 2.61. The van der Waals surface area contributed by atoms with Crippen molar-refractivity contribution in [2.24, 2.45) is 0 Å². The highest BCUT2D eigenvalue weighted by atomic mass is 32.2. The van der Waals surface area contributed by atoms with Crippen LogP contribution in [-0.4, -0.2) is 24.9 Å². The van der Waals surface area contributed by atoms with E-state index in [0.29, 0.717) is 16.4 Å². The summed E-state index contributed by atoms with van der Waals surface area (Å²) in [5.74, 6) is 0. The van der Waals surface area contributed by atoms with Crippen molar-refractivity contribution in [2.75, 3.05) is 11.3 Å². The highest BCUT2D eigenvalue weighted by Crippen LogP contribution is 2.27. The van der Waals surface area contributed by atoms with E-state index in [4.69, 9.17) is 0 Å². The second kappa shape index (κ2) is 6.29. The molecule has 2 aromatic heterocycles. The smallest absolute Gasteiger partial charge is 0.271 e. The van der Waals surface area contributed by atoms with Crippen molar-refractivity contribution >= 4 is 27.0 Å². The lowest BCUT2D eigenvalue weighted by atomic mass is 10.3. The largest absolute Gasteiger partial charge is 0.312 e. The topological polar surface area (TPSA) is 84.0 Å². The van der Waals surface area contributed by atoms with Crippen LogP contribution in [0.1, 0.15) is 17.4 Å². The van der Waals surface area contributed by atoms with Gasteiger partial charge in [0, 0.05) is 11.4 Å². The molecule has 0 saturated carbocycles. The first-order chi connectivity index (χ1) is 9.53. The summed E-state index contributed by atoms with van der Waals surface area (Å²) in [5.41, 5.74) is 1.33. The molecular formula is C12H16N4O2S2. The molecule has 0 fully saturated rings. The number of anilines is 1. The van der Waals surface area contributed by atoms with Gasteiger partial charge < -0.3 is 5.32 Å². The number of thiophene rings is 1. The predicted molar refractivity (Wildman–Crippen MR) is 79.3 cm³/mol. The maximum Gasteiger partial charge on any atom is 0.271 e. The number of aromatic nitrogens is 2. The zero-order chi connectivity index (χ0) is 14.6. The molecule has 2 rings (SSSR count). The average molecular weight is 312 g/mol. The van der Waals surface area contributed by atoms with Crippen molar-refractivity contribution in [2.45, 2.75) is 24.6 Å². The molecule has 108 valence electrons. The predicted octanol–water partition coefficient (Wildman–Crippen LogP) is 1.76. The Bertz CT molecular complexity index is 668. The van der Waals surface area contributed by atoms with Crippen LogP contribution in [0.4, 0.5) is 5.69 Å². The fourth-order valence-corrected chi connectivity index (χ4v) is 4.18. The standard InChI is InChI=1S/C12H16N4O2S2/c1-3-13-7-11-9(2)4-12(19-11)20(17,18)16-10-5-14-8-15-6-10/h4-6,8,13,16H,3,7H2,1-2H3. The van der Waals surface area contributed by atoms with Crippen molar-refractivity contribution < 1.29 is 8.42 Å². The number of nitrogens with one attached hydrogen (secondary N) is 2. The second-order valence-corrected chi connectivity index (χ2v) is 7.23. The first-order valence-electron chi connectivity index (χ1n) is 6.11. The maximum absolute atomic E-state index is 12.3. The number of rotatable bonds is 6. The van der Waals surface area contributed by atoms with E-state index in [2.05, 4.69) is 20.0 Å². The van der Waals surface area contributed by atoms with Crippen LogP contribution in [0.25, 0.3) is 0 Å². The third-order valence-corrected chi connectivity index (χ3v) is 5.70. The molecule has 8 heteroatoms. The van der Waals surface area contributed by atoms with Crippen LogP contribution in [0.3, 0.4) is 0 Å². The van der Waals surface area contributed by atoms with Crippen molar-refractivity contribution in [1.29, 1.82) is 0 Å². The van der Waals surface area contributed by atoms with Gasteiger partial charge in [0.25, 0.3) is 10.0 Å². The molecule has 0 spiro atoms. The number of hydrogen-bond acceptors (Lipinski definition) is 6. The Kier molecular flexibility index (Phi) is 4.69. The third kappa shape index (κ3) is 3.53. The minimum atomic E-state index is -3.58. The number of hydrogen-bond donors (Lipinski definition) is 2. The van der Waals surface area contributed by atoms with Crippen LogP contribution in [0.15, 0.2) is 29.0 Å². The van der Waals surface area contributed by atoms with Crippen LogP contribution in [-0.2, 0) is 16.6 Å². The summed E-state index contributed by atoms with van der Waals surface area (Å²) in [7, 11) is -3.58. The molecule has 0 aliphatic carbocycles. The molecule has 6 nitrogen and oxygen atoms in total. The molecule has 0 bridgehead atoms. The van der Waals surface area contributed by atoms with E-state index in [-0.39, 0.29) is 0 Å².